The van der Waals surface area contributed by atoms with Crippen molar-refractivity contribution in [3.8, 4) is 10.8 Å². The fourth-order valence-corrected chi connectivity index (χ4v) is 4.71. The van der Waals surface area contributed by atoms with E-state index >= 15 is 0 Å². The van der Waals surface area contributed by atoms with Crippen molar-refractivity contribution < 1.29 is 14.3 Å². The van der Waals surface area contributed by atoms with Crippen LogP contribution in [0.2, 0.25) is 0 Å². The SMILES string of the molecule is O=C(O)c1ccc2nc(-c3cc4c(s3)CCSC4)oc2c1. The van der Waals surface area contributed by atoms with E-state index in [2.05, 4.69) is 11.1 Å². The molecule has 6 heteroatoms. The third-order valence-corrected chi connectivity index (χ3v) is 5.71. The molecule has 0 spiro atoms. The number of oxazole rings is 1. The molecule has 0 saturated heterocycles. The molecule has 0 atom stereocenters. The van der Waals surface area contributed by atoms with Crippen LogP contribution in [0.4, 0.5) is 0 Å². The number of rotatable bonds is 2. The first-order chi connectivity index (χ1) is 10.2. The fourth-order valence-electron chi connectivity index (χ4n) is 2.42. The van der Waals surface area contributed by atoms with E-state index in [1.54, 1.807) is 23.5 Å². The fraction of sp³-hybridized carbons (Fsp3) is 0.200. The molecule has 1 aliphatic rings. The van der Waals surface area contributed by atoms with Crippen LogP contribution in [0, 0.1) is 0 Å². The Balaban J connectivity index is 1.79. The number of aromatic carboxylic acids is 1. The van der Waals surface area contributed by atoms with Gasteiger partial charge in [0.05, 0.1) is 10.4 Å². The van der Waals surface area contributed by atoms with Gasteiger partial charge in [-0.2, -0.15) is 11.8 Å². The number of benzene rings is 1. The second kappa shape index (κ2) is 4.89. The van der Waals surface area contributed by atoms with Crippen molar-refractivity contribution in [3.63, 3.8) is 0 Å². The molecule has 2 aromatic heterocycles. The van der Waals surface area contributed by atoms with Crippen LogP contribution < -0.4 is 0 Å². The van der Waals surface area contributed by atoms with E-state index in [-0.39, 0.29) is 5.56 Å². The second-order valence-electron chi connectivity index (χ2n) is 4.87. The summed E-state index contributed by atoms with van der Waals surface area (Å²) in [6, 6.07) is 6.91. The summed E-state index contributed by atoms with van der Waals surface area (Å²) in [6.07, 6.45) is 1.11. The average Bonchev–Trinajstić information content (AvgIpc) is 3.09. The van der Waals surface area contributed by atoms with Gasteiger partial charge >= 0.3 is 5.97 Å². The van der Waals surface area contributed by atoms with Gasteiger partial charge in [0, 0.05) is 10.6 Å². The van der Waals surface area contributed by atoms with Crippen LogP contribution in [0.3, 0.4) is 0 Å². The normalized spacial score (nSPS) is 14.3. The first-order valence-electron chi connectivity index (χ1n) is 6.54. The van der Waals surface area contributed by atoms with E-state index in [9.17, 15) is 4.79 Å². The van der Waals surface area contributed by atoms with Crippen LogP contribution in [0.5, 0.6) is 0 Å². The Morgan fingerprint density at radius 2 is 2.24 bits per heavy atom. The van der Waals surface area contributed by atoms with Gasteiger partial charge in [-0.05, 0) is 42.0 Å². The monoisotopic (exact) mass is 317 g/mol. The maximum absolute atomic E-state index is 11.0. The van der Waals surface area contributed by atoms with Gasteiger partial charge in [0.1, 0.15) is 5.52 Å². The Bertz CT molecular complexity index is 826. The summed E-state index contributed by atoms with van der Waals surface area (Å²) in [5.41, 5.74) is 2.80. The van der Waals surface area contributed by atoms with Crippen molar-refractivity contribution in [3.05, 3.63) is 40.3 Å². The van der Waals surface area contributed by atoms with Crippen LogP contribution in [0.25, 0.3) is 21.9 Å². The van der Waals surface area contributed by atoms with Gasteiger partial charge in [-0.1, -0.05) is 0 Å². The molecule has 3 heterocycles. The van der Waals surface area contributed by atoms with Gasteiger partial charge in [-0.15, -0.1) is 11.3 Å². The van der Waals surface area contributed by atoms with E-state index in [4.69, 9.17) is 9.52 Å². The summed E-state index contributed by atoms with van der Waals surface area (Å²) >= 11 is 3.67. The maximum Gasteiger partial charge on any atom is 0.335 e. The molecule has 106 valence electrons. The van der Waals surface area contributed by atoms with Gasteiger partial charge in [0.25, 0.3) is 0 Å². The summed E-state index contributed by atoms with van der Waals surface area (Å²) < 4.78 is 5.75. The van der Waals surface area contributed by atoms with Crippen LogP contribution in [0.1, 0.15) is 20.8 Å². The molecule has 4 rings (SSSR count). The molecular weight excluding hydrogens is 306 g/mol. The van der Waals surface area contributed by atoms with Crippen molar-refractivity contribution in [1.82, 2.24) is 4.98 Å². The standard InChI is InChI=1S/C15H11NO3S2/c17-15(18)8-1-2-10-11(5-8)19-14(16-10)13-6-9-7-20-4-3-12(9)21-13/h1-2,5-6H,3-4,7H2,(H,17,18). The zero-order chi connectivity index (χ0) is 14.4. The van der Waals surface area contributed by atoms with Crippen LogP contribution in [-0.4, -0.2) is 21.8 Å². The maximum atomic E-state index is 11.0. The third kappa shape index (κ3) is 2.24. The first kappa shape index (κ1) is 12.9. The molecular formula is C15H11NO3S2. The van der Waals surface area contributed by atoms with E-state index in [0.29, 0.717) is 17.0 Å². The largest absolute Gasteiger partial charge is 0.478 e. The highest BCUT2D eigenvalue weighted by Gasteiger charge is 2.18. The highest BCUT2D eigenvalue weighted by molar-refractivity contribution is 7.98. The van der Waals surface area contributed by atoms with Gasteiger partial charge in [0.15, 0.2) is 5.58 Å². The molecule has 0 fully saturated rings. The Labute approximate surface area is 128 Å². The number of nitrogens with zero attached hydrogens (tertiary/aromatic N) is 1. The quantitative estimate of drug-likeness (QED) is 0.772. The Morgan fingerprint density at radius 3 is 3.05 bits per heavy atom. The molecule has 1 N–H and O–H groups in total. The Kier molecular flexibility index (Phi) is 3.01. The number of carboxylic acid groups (broad SMARTS) is 1. The predicted octanol–water partition coefficient (Wildman–Crippen LogP) is 4.04. The summed E-state index contributed by atoms with van der Waals surface area (Å²) in [5, 5.41) is 9.02. The number of thioether (sulfide) groups is 1. The van der Waals surface area contributed by atoms with Crippen molar-refractivity contribution in [2.24, 2.45) is 0 Å². The zero-order valence-corrected chi connectivity index (χ0v) is 12.6. The predicted molar refractivity (Wildman–Crippen MR) is 84.1 cm³/mol. The van der Waals surface area contributed by atoms with E-state index < -0.39 is 5.97 Å². The Morgan fingerprint density at radius 1 is 1.33 bits per heavy atom. The average molecular weight is 317 g/mol. The third-order valence-electron chi connectivity index (χ3n) is 3.47. The number of carbonyl (C=O) groups is 1. The molecule has 0 aliphatic carbocycles. The van der Waals surface area contributed by atoms with Gasteiger partial charge in [-0.3, -0.25) is 0 Å². The lowest BCUT2D eigenvalue weighted by Crippen LogP contribution is -1.96. The topological polar surface area (TPSA) is 63.3 Å². The van der Waals surface area contributed by atoms with Crippen LogP contribution in [-0.2, 0) is 12.2 Å². The lowest BCUT2D eigenvalue weighted by Gasteiger charge is -2.08. The van der Waals surface area contributed by atoms with Crippen molar-refractivity contribution >= 4 is 40.2 Å². The van der Waals surface area contributed by atoms with E-state index in [1.807, 2.05) is 11.8 Å². The number of hydrogen-bond acceptors (Lipinski definition) is 5. The summed E-state index contributed by atoms with van der Waals surface area (Å²) in [4.78, 5) is 17.9. The zero-order valence-electron chi connectivity index (χ0n) is 11.0. The molecule has 4 nitrogen and oxygen atoms in total. The second-order valence-corrected chi connectivity index (χ2v) is 7.11. The molecule has 0 radical (unpaired) electrons. The van der Waals surface area contributed by atoms with Crippen molar-refractivity contribution in [1.29, 1.82) is 0 Å². The summed E-state index contributed by atoms with van der Waals surface area (Å²) in [7, 11) is 0. The molecule has 0 unspecified atom stereocenters. The molecule has 21 heavy (non-hydrogen) atoms. The van der Waals surface area contributed by atoms with Gasteiger partial charge < -0.3 is 9.52 Å². The minimum Gasteiger partial charge on any atom is -0.478 e. The number of aromatic nitrogens is 1. The lowest BCUT2D eigenvalue weighted by molar-refractivity contribution is 0.0697. The number of hydrogen-bond donors (Lipinski definition) is 1. The molecule has 0 amide bonds. The molecule has 1 aliphatic heterocycles. The lowest BCUT2D eigenvalue weighted by atomic mass is 10.2. The van der Waals surface area contributed by atoms with Crippen LogP contribution >= 0.6 is 23.1 Å². The smallest absolute Gasteiger partial charge is 0.335 e. The van der Waals surface area contributed by atoms with E-state index in [1.165, 1.54) is 22.3 Å². The van der Waals surface area contributed by atoms with E-state index in [0.717, 1.165) is 17.1 Å². The highest BCUT2D eigenvalue weighted by Crippen LogP contribution is 2.37. The van der Waals surface area contributed by atoms with Gasteiger partial charge in [0.2, 0.25) is 5.89 Å². The van der Waals surface area contributed by atoms with Crippen molar-refractivity contribution in [2.75, 3.05) is 5.75 Å². The number of aryl methyl sites for hydroxylation is 1. The van der Waals surface area contributed by atoms with Crippen molar-refractivity contribution in [2.45, 2.75) is 12.2 Å². The summed E-state index contributed by atoms with van der Waals surface area (Å²) in [6.45, 7) is 0. The van der Waals surface area contributed by atoms with Gasteiger partial charge in [-0.25, -0.2) is 9.78 Å². The summed E-state index contributed by atoms with van der Waals surface area (Å²) in [5.74, 6) is 1.84. The number of carboxylic acids is 1. The number of fused-ring (bicyclic) bond motifs is 2. The molecule has 3 aromatic rings. The Hall–Kier alpha value is -1.79. The molecule has 0 saturated carbocycles. The van der Waals surface area contributed by atoms with Crippen LogP contribution in [0.15, 0.2) is 28.7 Å². The molecule has 0 bridgehead atoms. The molecule has 1 aromatic carbocycles. The first-order valence-corrected chi connectivity index (χ1v) is 8.51. The number of thiophene rings is 1. The minimum absolute atomic E-state index is 0.215. The minimum atomic E-state index is -0.960. The highest BCUT2D eigenvalue weighted by atomic mass is 32.2.